The lowest BCUT2D eigenvalue weighted by Crippen LogP contribution is -2.36. The lowest BCUT2D eigenvalue weighted by atomic mass is 10.1. The molecule has 3 rings (SSSR count). The molecule has 108 valence electrons. The van der Waals surface area contributed by atoms with Crippen molar-refractivity contribution < 1.29 is 9.53 Å². The number of benzene rings is 2. The van der Waals surface area contributed by atoms with E-state index in [-0.39, 0.29) is 11.9 Å². The van der Waals surface area contributed by atoms with Gasteiger partial charge in [0.2, 0.25) is 0 Å². The summed E-state index contributed by atoms with van der Waals surface area (Å²) in [7, 11) is 1.55. The van der Waals surface area contributed by atoms with Gasteiger partial charge in [0.25, 0.3) is 5.91 Å². The Labute approximate surface area is 124 Å². The number of nitrogens with zero attached hydrogens (tertiary/aromatic N) is 1. The second kappa shape index (κ2) is 5.13. The van der Waals surface area contributed by atoms with E-state index in [0.717, 1.165) is 12.1 Å². The Balaban J connectivity index is 2.08. The number of carbonyl (C=O) groups excluding carboxylic acids is 1. The average Bonchev–Trinajstić information content (AvgIpc) is 2.82. The first-order valence-electron chi connectivity index (χ1n) is 6.97. The molecule has 2 aromatic carbocycles. The van der Waals surface area contributed by atoms with E-state index >= 15 is 0 Å². The van der Waals surface area contributed by atoms with Gasteiger partial charge in [-0.3, -0.25) is 4.79 Å². The average molecular weight is 282 g/mol. The second-order valence-corrected chi connectivity index (χ2v) is 5.28. The summed E-state index contributed by atoms with van der Waals surface area (Å²) in [6.45, 7) is 2.05. The fourth-order valence-corrected chi connectivity index (χ4v) is 2.94. The van der Waals surface area contributed by atoms with E-state index < -0.39 is 0 Å². The van der Waals surface area contributed by atoms with Gasteiger partial charge in [0.1, 0.15) is 11.3 Å². The van der Waals surface area contributed by atoms with Crippen molar-refractivity contribution in [3.8, 4) is 5.75 Å². The van der Waals surface area contributed by atoms with E-state index in [1.54, 1.807) is 25.3 Å². The smallest absolute Gasteiger partial charge is 0.264 e. The zero-order valence-corrected chi connectivity index (χ0v) is 12.2. The summed E-state index contributed by atoms with van der Waals surface area (Å²) in [5.41, 5.74) is 9.02. The molecule has 0 radical (unpaired) electrons. The van der Waals surface area contributed by atoms with E-state index in [2.05, 4.69) is 6.07 Å². The summed E-state index contributed by atoms with van der Waals surface area (Å²) in [5.74, 6) is 0.402. The number of rotatable bonds is 2. The fraction of sp³-hybridized carbons (Fsp3) is 0.235. The number of ether oxygens (including phenoxy) is 1. The maximum Gasteiger partial charge on any atom is 0.264 e. The highest BCUT2D eigenvalue weighted by molar-refractivity contribution is 6.12. The summed E-state index contributed by atoms with van der Waals surface area (Å²) in [5, 5.41) is 0. The lowest BCUT2D eigenvalue weighted by Gasteiger charge is -2.24. The summed E-state index contributed by atoms with van der Waals surface area (Å²) in [4.78, 5) is 14.8. The Morgan fingerprint density at radius 2 is 2.00 bits per heavy atom. The monoisotopic (exact) mass is 282 g/mol. The maximum atomic E-state index is 13.0. The number of fused-ring (bicyclic) bond motifs is 1. The van der Waals surface area contributed by atoms with Gasteiger partial charge in [-0.1, -0.05) is 24.3 Å². The minimum absolute atomic E-state index is 0.109. The number of hydrogen-bond acceptors (Lipinski definition) is 3. The predicted molar refractivity (Wildman–Crippen MR) is 83.8 cm³/mol. The van der Waals surface area contributed by atoms with Crippen LogP contribution in [-0.2, 0) is 6.42 Å². The molecule has 0 fully saturated rings. The van der Waals surface area contributed by atoms with Crippen molar-refractivity contribution in [1.29, 1.82) is 0 Å². The number of anilines is 2. The summed E-state index contributed by atoms with van der Waals surface area (Å²) in [6, 6.07) is 13.4. The van der Waals surface area contributed by atoms with Gasteiger partial charge in [0.05, 0.1) is 7.11 Å². The quantitative estimate of drug-likeness (QED) is 0.862. The van der Waals surface area contributed by atoms with Crippen molar-refractivity contribution in [1.82, 2.24) is 0 Å². The van der Waals surface area contributed by atoms with Gasteiger partial charge in [-0.05, 0) is 37.1 Å². The molecule has 1 aliphatic heterocycles. The Morgan fingerprint density at radius 1 is 1.24 bits per heavy atom. The van der Waals surface area contributed by atoms with E-state index in [1.807, 2.05) is 30.0 Å². The van der Waals surface area contributed by atoms with Crippen LogP contribution in [0.5, 0.6) is 5.75 Å². The highest BCUT2D eigenvalue weighted by Gasteiger charge is 2.33. The predicted octanol–water partition coefficient (Wildman–Crippen LogP) is 2.87. The molecule has 1 unspecified atom stereocenters. The van der Waals surface area contributed by atoms with Gasteiger partial charge in [-0.15, -0.1) is 0 Å². The molecule has 1 heterocycles. The van der Waals surface area contributed by atoms with Crippen LogP contribution < -0.4 is 15.4 Å². The SMILES string of the molecule is COc1cccc(N)c1C(=O)N1c2ccccc2CC1C. The summed E-state index contributed by atoms with van der Waals surface area (Å²) < 4.78 is 5.30. The Hall–Kier alpha value is -2.49. The van der Waals surface area contributed by atoms with E-state index in [4.69, 9.17) is 10.5 Å². The minimum atomic E-state index is -0.109. The number of amides is 1. The van der Waals surface area contributed by atoms with Gasteiger partial charge in [-0.2, -0.15) is 0 Å². The van der Waals surface area contributed by atoms with Gasteiger partial charge < -0.3 is 15.4 Å². The van der Waals surface area contributed by atoms with Crippen molar-refractivity contribution in [2.75, 3.05) is 17.7 Å². The molecule has 21 heavy (non-hydrogen) atoms. The van der Waals surface area contributed by atoms with E-state index in [0.29, 0.717) is 17.0 Å². The third kappa shape index (κ3) is 2.13. The first kappa shape index (κ1) is 13.5. The second-order valence-electron chi connectivity index (χ2n) is 5.28. The van der Waals surface area contributed by atoms with Crippen LogP contribution in [0.3, 0.4) is 0 Å². The number of nitrogen functional groups attached to an aromatic ring is 1. The number of carbonyl (C=O) groups is 1. The van der Waals surface area contributed by atoms with Crippen LogP contribution in [0, 0.1) is 0 Å². The first-order valence-corrected chi connectivity index (χ1v) is 6.97. The third-order valence-corrected chi connectivity index (χ3v) is 3.92. The molecule has 0 bridgehead atoms. The molecule has 2 N–H and O–H groups in total. The molecule has 1 amide bonds. The zero-order valence-electron chi connectivity index (χ0n) is 12.2. The largest absolute Gasteiger partial charge is 0.496 e. The van der Waals surface area contributed by atoms with Gasteiger partial charge >= 0.3 is 0 Å². The molecule has 2 aromatic rings. The number of nitrogens with two attached hydrogens (primary N) is 1. The molecule has 0 saturated carbocycles. The standard InChI is InChI=1S/C17H18N2O2/c1-11-10-12-6-3-4-8-14(12)19(11)17(20)16-13(18)7-5-9-15(16)21-2/h3-9,11H,10,18H2,1-2H3. The topological polar surface area (TPSA) is 55.6 Å². The van der Waals surface area contributed by atoms with Crippen LogP contribution >= 0.6 is 0 Å². The van der Waals surface area contributed by atoms with Crippen LogP contribution in [0.4, 0.5) is 11.4 Å². The molecule has 0 saturated heterocycles. The van der Waals surface area contributed by atoms with E-state index in [9.17, 15) is 4.79 Å². The van der Waals surface area contributed by atoms with Crippen molar-refractivity contribution in [3.05, 3.63) is 53.6 Å². The number of para-hydroxylation sites is 1. The molecular weight excluding hydrogens is 264 g/mol. The zero-order chi connectivity index (χ0) is 15.0. The van der Waals surface area contributed by atoms with Crippen LogP contribution in [0.1, 0.15) is 22.8 Å². The highest BCUT2D eigenvalue weighted by atomic mass is 16.5. The maximum absolute atomic E-state index is 13.0. The minimum Gasteiger partial charge on any atom is -0.496 e. The molecule has 4 nitrogen and oxygen atoms in total. The number of hydrogen-bond donors (Lipinski definition) is 1. The molecule has 1 aliphatic rings. The first-order chi connectivity index (χ1) is 10.1. The van der Waals surface area contributed by atoms with Gasteiger partial charge in [0.15, 0.2) is 0 Å². The van der Waals surface area contributed by atoms with Crippen LogP contribution in [-0.4, -0.2) is 19.1 Å². The normalized spacial score (nSPS) is 16.7. The fourth-order valence-electron chi connectivity index (χ4n) is 2.94. The molecule has 0 spiro atoms. The van der Waals surface area contributed by atoms with Gasteiger partial charge in [-0.25, -0.2) is 0 Å². The third-order valence-electron chi connectivity index (χ3n) is 3.92. The lowest BCUT2D eigenvalue weighted by molar-refractivity contribution is 0.0979. The highest BCUT2D eigenvalue weighted by Crippen LogP contribution is 2.35. The van der Waals surface area contributed by atoms with Crippen molar-refractivity contribution in [2.24, 2.45) is 0 Å². The molecule has 1 atom stereocenters. The molecule has 4 heteroatoms. The molecular formula is C17H18N2O2. The van der Waals surface area contributed by atoms with Gasteiger partial charge in [0, 0.05) is 17.4 Å². The van der Waals surface area contributed by atoms with Crippen molar-refractivity contribution in [2.45, 2.75) is 19.4 Å². The van der Waals surface area contributed by atoms with Crippen LogP contribution in [0.25, 0.3) is 0 Å². The Morgan fingerprint density at radius 3 is 2.76 bits per heavy atom. The van der Waals surface area contributed by atoms with Crippen LogP contribution in [0.2, 0.25) is 0 Å². The summed E-state index contributed by atoms with van der Waals surface area (Å²) in [6.07, 6.45) is 0.858. The Kier molecular flexibility index (Phi) is 3.29. The van der Waals surface area contributed by atoms with Crippen LogP contribution in [0.15, 0.2) is 42.5 Å². The molecule has 0 aromatic heterocycles. The summed E-state index contributed by atoms with van der Waals surface area (Å²) >= 11 is 0. The van der Waals surface area contributed by atoms with Crippen molar-refractivity contribution >= 4 is 17.3 Å². The van der Waals surface area contributed by atoms with E-state index in [1.165, 1.54) is 5.56 Å². The molecule has 0 aliphatic carbocycles. The Bertz CT molecular complexity index is 697. The number of methoxy groups -OCH3 is 1. The van der Waals surface area contributed by atoms with Crippen molar-refractivity contribution in [3.63, 3.8) is 0 Å².